The molecule has 0 atom stereocenters. The molecule has 12 rings (SSSR count). The van der Waals surface area contributed by atoms with Crippen molar-refractivity contribution in [2.75, 3.05) is 14.7 Å². The highest BCUT2D eigenvalue weighted by Gasteiger charge is 2.22. The minimum atomic E-state index is 1.05. The Labute approximate surface area is 397 Å². The highest BCUT2D eigenvalue weighted by atomic mass is 15.2. The van der Waals surface area contributed by atoms with Crippen LogP contribution >= 0.6 is 0 Å². The van der Waals surface area contributed by atoms with Gasteiger partial charge in [0.25, 0.3) is 0 Å². The van der Waals surface area contributed by atoms with Gasteiger partial charge >= 0.3 is 0 Å². The zero-order valence-corrected chi connectivity index (χ0v) is 37.3. The number of fused-ring (bicyclic) bond motifs is 4. The summed E-state index contributed by atoms with van der Waals surface area (Å²) in [5.74, 6) is 0. The van der Waals surface area contributed by atoms with E-state index in [2.05, 4.69) is 298 Å². The first-order chi connectivity index (χ1) is 33.8. The van der Waals surface area contributed by atoms with Crippen LogP contribution in [0.2, 0.25) is 0 Å². The predicted octanol–water partition coefficient (Wildman–Crippen LogP) is 18.0. The third-order valence-electron chi connectivity index (χ3n) is 12.9. The van der Waals surface area contributed by atoms with Crippen LogP contribution in [0.5, 0.6) is 0 Å². The van der Waals surface area contributed by atoms with Crippen molar-refractivity contribution >= 4 is 83.8 Å². The van der Waals surface area contributed by atoms with E-state index in [-0.39, 0.29) is 0 Å². The molecule has 0 aliphatic heterocycles. The first-order valence-corrected chi connectivity index (χ1v) is 23.2. The Balaban J connectivity index is 1.08. The molecule has 0 aliphatic rings. The average Bonchev–Trinajstić information content (AvgIpc) is 3.74. The number of benzene rings is 11. The maximum Gasteiger partial charge on any atom is 0.0542 e. The molecule has 0 saturated heterocycles. The molecule has 12 aromatic rings. The second-order valence-corrected chi connectivity index (χ2v) is 17.0. The lowest BCUT2D eigenvalue weighted by atomic mass is 9.95. The lowest BCUT2D eigenvalue weighted by Gasteiger charge is -2.30. The molecule has 0 amide bonds. The predicted molar refractivity (Wildman–Crippen MR) is 288 cm³/mol. The summed E-state index contributed by atoms with van der Waals surface area (Å²) in [7, 11) is 0. The van der Waals surface area contributed by atoms with E-state index in [0.717, 1.165) is 78.8 Å². The van der Waals surface area contributed by atoms with Gasteiger partial charge < -0.3 is 19.3 Å². The molecule has 0 radical (unpaired) electrons. The molecule has 4 heteroatoms. The zero-order chi connectivity index (χ0) is 45.2. The molecule has 0 fully saturated rings. The number of para-hydroxylation sites is 7. The number of anilines is 9. The van der Waals surface area contributed by atoms with Gasteiger partial charge in [-0.05, 0) is 138 Å². The summed E-state index contributed by atoms with van der Waals surface area (Å²) < 4.78 is 2.38. The number of hydrogen-bond acceptors (Lipinski definition) is 3. The Hall–Kier alpha value is -9.12. The van der Waals surface area contributed by atoms with Crippen LogP contribution < -0.4 is 14.7 Å². The molecule has 0 bridgehead atoms. The molecule has 322 valence electrons. The molecule has 0 aliphatic carbocycles. The average molecular weight is 871 g/mol. The van der Waals surface area contributed by atoms with E-state index in [1.54, 1.807) is 0 Å². The van der Waals surface area contributed by atoms with Crippen molar-refractivity contribution in [2.45, 2.75) is 0 Å². The Kier molecular flexibility index (Phi) is 10.5. The fraction of sp³-hybridized carbons (Fsp3) is 0. The van der Waals surface area contributed by atoms with Gasteiger partial charge in [-0.2, -0.15) is 0 Å². The van der Waals surface area contributed by atoms with Gasteiger partial charge in [-0.3, -0.25) is 0 Å². The molecule has 0 unspecified atom stereocenters. The molecule has 0 saturated carbocycles. The largest absolute Gasteiger partial charge is 0.310 e. The highest BCUT2D eigenvalue weighted by molar-refractivity contribution is 6.12. The van der Waals surface area contributed by atoms with Crippen LogP contribution in [0.25, 0.3) is 49.4 Å². The normalized spacial score (nSPS) is 11.2. The Morgan fingerprint density at radius 1 is 0.235 bits per heavy atom. The van der Waals surface area contributed by atoms with Crippen LogP contribution in [0.3, 0.4) is 0 Å². The maximum absolute atomic E-state index is 2.42. The van der Waals surface area contributed by atoms with Gasteiger partial charge in [-0.15, -0.1) is 0 Å². The van der Waals surface area contributed by atoms with Crippen molar-refractivity contribution in [3.05, 3.63) is 279 Å². The first-order valence-electron chi connectivity index (χ1n) is 23.2. The van der Waals surface area contributed by atoms with Crippen molar-refractivity contribution in [3.8, 4) is 16.8 Å². The molecular formula is C64H46N4. The van der Waals surface area contributed by atoms with Crippen molar-refractivity contribution < 1.29 is 0 Å². The van der Waals surface area contributed by atoms with Gasteiger partial charge in [-0.1, -0.05) is 158 Å². The fourth-order valence-corrected chi connectivity index (χ4v) is 9.91. The van der Waals surface area contributed by atoms with Gasteiger partial charge in [0.15, 0.2) is 0 Å². The van der Waals surface area contributed by atoms with Gasteiger partial charge in [-0.25, -0.2) is 0 Å². The van der Waals surface area contributed by atoms with Crippen molar-refractivity contribution in [1.29, 1.82) is 0 Å². The molecule has 0 N–H and O–H groups in total. The number of rotatable bonds is 11. The molecular weight excluding hydrogens is 825 g/mol. The summed E-state index contributed by atoms with van der Waals surface area (Å²) in [6.45, 7) is 0. The molecule has 1 aromatic heterocycles. The third kappa shape index (κ3) is 7.40. The Bertz CT molecular complexity index is 3490. The zero-order valence-electron chi connectivity index (χ0n) is 37.3. The quantitative estimate of drug-likeness (QED) is 0.129. The summed E-state index contributed by atoms with van der Waals surface area (Å²) in [5, 5.41) is 4.74. The molecule has 11 aromatic carbocycles. The molecule has 0 spiro atoms. The lowest BCUT2D eigenvalue weighted by Crippen LogP contribution is -2.13. The van der Waals surface area contributed by atoms with Gasteiger partial charge in [0.1, 0.15) is 0 Å². The van der Waals surface area contributed by atoms with E-state index in [0.29, 0.717) is 0 Å². The van der Waals surface area contributed by atoms with Crippen molar-refractivity contribution in [1.82, 2.24) is 4.57 Å². The second-order valence-electron chi connectivity index (χ2n) is 17.0. The topological polar surface area (TPSA) is 14.7 Å². The fourth-order valence-electron chi connectivity index (χ4n) is 9.91. The summed E-state index contributed by atoms with van der Waals surface area (Å²) >= 11 is 0. The lowest BCUT2D eigenvalue weighted by molar-refractivity contribution is 1.18. The minimum Gasteiger partial charge on any atom is -0.310 e. The van der Waals surface area contributed by atoms with Gasteiger partial charge in [0, 0.05) is 67.3 Å². The highest BCUT2D eigenvalue weighted by Crippen LogP contribution is 2.47. The van der Waals surface area contributed by atoms with Crippen LogP contribution in [0, 0.1) is 0 Å². The summed E-state index contributed by atoms with van der Waals surface area (Å²) in [4.78, 5) is 7.14. The molecule has 1 heterocycles. The van der Waals surface area contributed by atoms with Crippen LogP contribution in [0.1, 0.15) is 0 Å². The van der Waals surface area contributed by atoms with Crippen molar-refractivity contribution in [3.63, 3.8) is 0 Å². The van der Waals surface area contributed by atoms with Crippen LogP contribution in [0.15, 0.2) is 279 Å². The maximum atomic E-state index is 2.42. The smallest absolute Gasteiger partial charge is 0.0542 e. The Morgan fingerprint density at radius 3 is 1.21 bits per heavy atom. The van der Waals surface area contributed by atoms with Crippen LogP contribution in [0.4, 0.5) is 51.2 Å². The number of hydrogen-bond donors (Lipinski definition) is 0. The van der Waals surface area contributed by atoms with Gasteiger partial charge in [0.2, 0.25) is 0 Å². The van der Waals surface area contributed by atoms with Crippen molar-refractivity contribution in [2.24, 2.45) is 0 Å². The summed E-state index contributed by atoms with van der Waals surface area (Å²) in [6, 6.07) is 100. The van der Waals surface area contributed by atoms with Gasteiger partial charge in [0.05, 0.1) is 16.7 Å². The molecule has 4 nitrogen and oxygen atoms in total. The number of aromatic nitrogens is 1. The summed E-state index contributed by atoms with van der Waals surface area (Å²) in [6.07, 6.45) is 0. The van der Waals surface area contributed by atoms with E-state index < -0.39 is 0 Å². The second kappa shape index (κ2) is 17.7. The third-order valence-corrected chi connectivity index (χ3v) is 12.9. The van der Waals surface area contributed by atoms with E-state index >= 15 is 0 Å². The molecule has 68 heavy (non-hydrogen) atoms. The van der Waals surface area contributed by atoms with Crippen LogP contribution in [-0.4, -0.2) is 4.57 Å². The van der Waals surface area contributed by atoms with E-state index in [4.69, 9.17) is 0 Å². The monoisotopic (exact) mass is 870 g/mol. The van der Waals surface area contributed by atoms with E-state index in [1.165, 1.54) is 21.8 Å². The summed E-state index contributed by atoms with van der Waals surface area (Å²) in [5.41, 5.74) is 15.4. The minimum absolute atomic E-state index is 1.05. The standard InChI is InChI=1S/C64H46N4/c1-7-23-48(24-8-1)65(49-25-9-2-10-26-49)55-43-47(44-56(45-55)66(50-27-11-3-12-28-50)51-29-13-4-14-30-51)57-36-21-38-59-58(57)37-22-40-62(59)67(52-31-15-5-16-32-52)54-41-42-64-61(46-54)60-35-19-20-39-63(60)68(64)53-33-17-6-18-34-53/h1-46H. The number of nitrogens with zero attached hydrogens (tertiary/aromatic N) is 4. The first kappa shape index (κ1) is 40.4. The Morgan fingerprint density at radius 2 is 0.662 bits per heavy atom. The van der Waals surface area contributed by atoms with Crippen LogP contribution in [-0.2, 0) is 0 Å². The van der Waals surface area contributed by atoms with E-state index in [1.807, 2.05) is 0 Å². The SMILES string of the molecule is c1ccc(N(c2ccccc2)c2cc(-c3cccc4c(N(c5ccccc5)c5ccc6c(c5)c5ccccc5n6-c5ccccc5)cccc34)cc(N(c3ccccc3)c3ccccc3)c2)cc1. The van der Waals surface area contributed by atoms with E-state index in [9.17, 15) is 0 Å².